The van der Waals surface area contributed by atoms with Gasteiger partial charge in [0.15, 0.2) is 0 Å². The van der Waals surface area contributed by atoms with E-state index in [1.54, 1.807) is 0 Å². The average molecular weight is 416 g/mol. The lowest BCUT2D eigenvalue weighted by molar-refractivity contribution is -0.130. The summed E-state index contributed by atoms with van der Waals surface area (Å²) in [6, 6.07) is 0.208. The van der Waals surface area contributed by atoms with E-state index in [2.05, 4.69) is 26.5 Å². The number of nitrogens with zero attached hydrogens (tertiary/aromatic N) is 4. The van der Waals surface area contributed by atoms with Crippen LogP contribution in [0.2, 0.25) is 0 Å². The Kier molecular flexibility index (Phi) is 5.52. The first-order chi connectivity index (χ1) is 14.6. The third-order valence-electron chi connectivity index (χ3n) is 7.26. The van der Waals surface area contributed by atoms with E-state index in [-0.39, 0.29) is 24.0 Å². The van der Waals surface area contributed by atoms with Gasteiger partial charge in [-0.05, 0) is 56.3 Å². The third kappa shape index (κ3) is 4.53. The normalized spacial score (nSPS) is 30.9. The minimum Gasteiger partial charge on any atom is -0.376 e. The van der Waals surface area contributed by atoms with Crippen LogP contribution in [0.5, 0.6) is 0 Å². The Labute approximate surface area is 177 Å². The van der Waals surface area contributed by atoms with E-state index < -0.39 is 0 Å². The van der Waals surface area contributed by atoms with E-state index in [0.717, 1.165) is 44.1 Å². The Bertz CT molecular complexity index is 787. The van der Waals surface area contributed by atoms with Crippen LogP contribution in [0.15, 0.2) is 6.20 Å². The predicted octanol–water partition coefficient (Wildman–Crippen LogP) is 1.89. The maximum atomic E-state index is 12.6. The molecule has 1 saturated heterocycles. The molecule has 4 atom stereocenters. The highest BCUT2D eigenvalue weighted by atomic mass is 16.5. The fourth-order valence-electron chi connectivity index (χ4n) is 5.12. The predicted molar refractivity (Wildman–Crippen MR) is 110 cm³/mol. The second kappa shape index (κ2) is 8.29. The summed E-state index contributed by atoms with van der Waals surface area (Å²) >= 11 is 0. The minimum atomic E-state index is -0.0882. The molecule has 164 valence electrons. The number of rotatable bonds is 8. The van der Waals surface area contributed by atoms with E-state index in [1.807, 2.05) is 4.90 Å². The number of carbonyl (C=O) groups is 2. The van der Waals surface area contributed by atoms with Crippen LogP contribution < -0.4 is 5.32 Å². The van der Waals surface area contributed by atoms with Crippen LogP contribution in [0.4, 0.5) is 0 Å². The first-order valence-corrected chi connectivity index (χ1v) is 11.6. The molecule has 1 aromatic rings. The lowest BCUT2D eigenvalue weighted by Gasteiger charge is -2.37. The van der Waals surface area contributed by atoms with Crippen molar-refractivity contribution in [3.63, 3.8) is 0 Å². The molecule has 1 N–H and O–H groups in total. The molecule has 4 aliphatic rings. The highest BCUT2D eigenvalue weighted by Crippen LogP contribution is 2.44. The first-order valence-electron chi connectivity index (χ1n) is 11.6. The van der Waals surface area contributed by atoms with Gasteiger partial charge in [0.05, 0.1) is 17.8 Å². The standard InChI is InChI=1S/C22H33N5O3/c1-14(28)23-7-6-22(29)26-10-17-8-20(27-12-19(24-25-27)16-4-5-16)21(9-18(17)11-26)30-13-15-2-3-15/h12,15-18,20-21H,2-11,13H2,1H3,(H,23,28)/t17-,18+,20-,21-/m1/s1. The van der Waals surface area contributed by atoms with Gasteiger partial charge in [0, 0.05) is 51.7 Å². The van der Waals surface area contributed by atoms with E-state index in [9.17, 15) is 9.59 Å². The molecule has 0 unspecified atom stereocenters. The summed E-state index contributed by atoms with van der Waals surface area (Å²) in [5.41, 5.74) is 1.12. The maximum absolute atomic E-state index is 12.6. The second-order valence-corrected chi connectivity index (χ2v) is 9.80. The summed E-state index contributed by atoms with van der Waals surface area (Å²) in [6.07, 6.45) is 9.66. The maximum Gasteiger partial charge on any atom is 0.224 e. The number of fused-ring (bicyclic) bond motifs is 1. The van der Waals surface area contributed by atoms with Crippen molar-refractivity contribution in [3.05, 3.63) is 11.9 Å². The molecule has 0 radical (unpaired) electrons. The molecule has 30 heavy (non-hydrogen) atoms. The zero-order valence-electron chi connectivity index (χ0n) is 17.8. The SMILES string of the molecule is CC(=O)NCCC(=O)N1C[C@H]2C[C@@H](n3cc(C4CC4)nn3)[C@H](OCC3CC3)C[C@H]2C1. The molecule has 8 heteroatoms. The average Bonchev–Trinajstić information content (AvgIpc) is 3.65. The van der Waals surface area contributed by atoms with Crippen LogP contribution >= 0.6 is 0 Å². The molecule has 2 amide bonds. The van der Waals surface area contributed by atoms with Crippen LogP contribution in [0.1, 0.15) is 69.5 Å². The molecule has 0 spiro atoms. The molecular formula is C22H33N5O3. The van der Waals surface area contributed by atoms with Crippen LogP contribution in [0, 0.1) is 17.8 Å². The summed E-state index contributed by atoms with van der Waals surface area (Å²) in [5, 5.41) is 11.6. The minimum absolute atomic E-state index is 0.0882. The van der Waals surface area contributed by atoms with Crippen molar-refractivity contribution < 1.29 is 14.3 Å². The monoisotopic (exact) mass is 415 g/mol. The number of aromatic nitrogens is 3. The van der Waals surface area contributed by atoms with Crippen molar-refractivity contribution in [2.75, 3.05) is 26.2 Å². The highest BCUT2D eigenvalue weighted by Gasteiger charge is 2.45. The van der Waals surface area contributed by atoms with Crippen molar-refractivity contribution in [1.82, 2.24) is 25.2 Å². The van der Waals surface area contributed by atoms with E-state index in [1.165, 1.54) is 32.6 Å². The lowest BCUT2D eigenvalue weighted by atomic mass is 9.77. The number of likely N-dealkylation sites (tertiary alicyclic amines) is 1. The first kappa shape index (κ1) is 20.0. The quantitative estimate of drug-likeness (QED) is 0.700. The van der Waals surface area contributed by atoms with Gasteiger partial charge in [0.2, 0.25) is 11.8 Å². The number of ether oxygens (including phenoxy) is 1. The second-order valence-electron chi connectivity index (χ2n) is 9.80. The van der Waals surface area contributed by atoms with Crippen molar-refractivity contribution in [2.45, 2.75) is 69.9 Å². The molecule has 5 rings (SSSR count). The largest absolute Gasteiger partial charge is 0.376 e. The van der Waals surface area contributed by atoms with Gasteiger partial charge >= 0.3 is 0 Å². The number of nitrogens with one attached hydrogen (secondary N) is 1. The fraction of sp³-hybridized carbons (Fsp3) is 0.818. The molecular weight excluding hydrogens is 382 g/mol. The summed E-state index contributed by atoms with van der Waals surface area (Å²) in [6.45, 7) is 4.36. The molecule has 3 saturated carbocycles. The Morgan fingerprint density at radius 3 is 2.63 bits per heavy atom. The van der Waals surface area contributed by atoms with Gasteiger partial charge < -0.3 is 15.0 Å². The summed E-state index contributed by atoms with van der Waals surface area (Å²) < 4.78 is 8.47. The van der Waals surface area contributed by atoms with E-state index in [0.29, 0.717) is 30.7 Å². The topological polar surface area (TPSA) is 89.4 Å². The molecule has 2 heterocycles. The van der Waals surface area contributed by atoms with E-state index in [4.69, 9.17) is 4.74 Å². The van der Waals surface area contributed by atoms with Crippen molar-refractivity contribution >= 4 is 11.8 Å². The number of carbonyl (C=O) groups excluding carboxylic acids is 2. The molecule has 0 bridgehead atoms. The zero-order chi connectivity index (χ0) is 20.7. The van der Waals surface area contributed by atoms with Gasteiger partial charge in [-0.15, -0.1) is 5.10 Å². The van der Waals surface area contributed by atoms with Gasteiger partial charge in [-0.3, -0.25) is 9.59 Å². The Hall–Kier alpha value is -1.96. The lowest BCUT2D eigenvalue weighted by Crippen LogP contribution is -2.38. The fourth-order valence-corrected chi connectivity index (χ4v) is 5.12. The number of hydrogen-bond acceptors (Lipinski definition) is 5. The summed E-state index contributed by atoms with van der Waals surface area (Å²) in [4.78, 5) is 25.7. The van der Waals surface area contributed by atoms with Gasteiger partial charge in [0.1, 0.15) is 0 Å². The van der Waals surface area contributed by atoms with Crippen molar-refractivity contribution in [1.29, 1.82) is 0 Å². The zero-order valence-corrected chi connectivity index (χ0v) is 17.8. The molecule has 3 aliphatic carbocycles. The highest BCUT2D eigenvalue weighted by molar-refractivity contribution is 5.78. The van der Waals surface area contributed by atoms with Crippen molar-refractivity contribution in [3.8, 4) is 0 Å². The van der Waals surface area contributed by atoms with Crippen LogP contribution in [-0.2, 0) is 14.3 Å². The molecule has 0 aromatic carbocycles. The Morgan fingerprint density at radius 1 is 1.17 bits per heavy atom. The Balaban J connectivity index is 1.24. The number of hydrogen-bond donors (Lipinski definition) is 1. The van der Waals surface area contributed by atoms with Crippen LogP contribution in [0.3, 0.4) is 0 Å². The van der Waals surface area contributed by atoms with Gasteiger partial charge in [-0.1, -0.05) is 5.21 Å². The Morgan fingerprint density at radius 2 is 1.93 bits per heavy atom. The molecule has 1 aliphatic heterocycles. The van der Waals surface area contributed by atoms with Crippen molar-refractivity contribution in [2.24, 2.45) is 17.8 Å². The summed E-state index contributed by atoms with van der Waals surface area (Å²) in [5.74, 6) is 2.35. The van der Waals surface area contributed by atoms with Gasteiger partial charge in [-0.2, -0.15) is 0 Å². The number of amides is 2. The van der Waals surface area contributed by atoms with Crippen LogP contribution in [0.25, 0.3) is 0 Å². The smallest absolute Gasteiger partial charge is 0.224 e. The molecule has 4 fully saturated rings. The van der Waals surface area contributed by atoms with Gasteiger partial charge in [-0.25, -0.2) is 4.68 Å². The summed E-state index contributed by atoms with van der Waals surface area (Å²) in [7, 11) is 0. The van der Waals surface area contributed by atoms with Gasteiger partial charge in [0.25, 0.3) is 0 Å². The third-order valence-corrected chi connectivity index (χ3v) is 7.26. The molecule has 8 nitrogen and oxygen atoms in total. The molecule has 1 aromatic heterocycles. The van der Waals surface area contributed by atoms with Crippen LogP contribution in [-0.4, -0.2) is 64.1 Å². The van der Waals surface area contributed by atoms with E-state index >= 15 is 0 Å².